The Morgan fingerprint density at radius 1 is 1.20 bits per heavy atom. The second-order valence-electron chi connectivity index (χ2n) is 2.72. The van der Waals surface area contributed by atoms with Gasteiger partial charge in [0, 0.05) is 0 Å². The average molecular weight is 134 g/mol. The van der Waals surface area contributed by atoms with E-state index in [0.717, 1.165) is 0 Å². The van der Waals surface area contributed by atoms with Crippen LogP contribution in [-0.2, 0) is 0 Å². The minimum atomic E-state index is 0.709. The van der Waals surface area contributed by atoms with Gasteiger partial charge in [0.05, 0.1) is 0 Å². The maximum absolute atomic E-state index is 2.26. The molecule has 0 aliphatic rings. The van der Waals surface area contributed by atoms with Crippen molar-refractivity contribution in [2.75, 3.05) is 0 Å². The van der Waals surface area contributed by atoms with Crippen molar-refractivity contribution in [2.45, 2.75) is 26.2 Å². The lowest BCUT2D eigenvalue weighted by molar-refractivity contribution is 0.733. The Hall–Kier alpha value is -0.780. The van der Waals surface area contributed by atoms with Gasteiger partial charge in [0.15, 0.2) is 0 Å². The molecule has 0 fully saturated rings. The minimum Gasteiger partial charge on any atom is -0.0648 e. The molecule has 0 aromatic heterocycles. The van der Waals surface area contributed by atoms with Crippen LogP contribution in [0, 0.1) is 0 Å². The first-order valence-corrected chi connectivity index (χ1v) is 3.89. The van der Waals surface area contributed by atoms with Crippen LogP contribution in [0.15, 0.2) is 30.3 Å². The Morgan fingerprint density at radius 3 is 2.30 bits per heavy atom. The standard InChI is InChI=1S/C10H14/c1-3-9(2)10-7-5-4-6-8-10/h4-9H,3H2,1-2H3/t9-/m1/s1. The van der Waals surface area contributed by atoms with Gasteiger partial charge in [0.1, 0.15) is 0 Å². The average Bonchev–Trinajstić information content (AvgIpc) is 2.05. The van der Waals surface area contributed by atoms with Gasteiger partial charge in [0.2, 0.25) is 0 Å². The van der Waals surface area contributed by atoms with E-state index in [4.69, 9.17) is 0 Å². The third-order valence-corrected chi connectivity index (χ3v) is 1.98. The van der Waals surface area contributed by atoms with Crippen molar-refractivity contribution in [3.8, 4) is 0 Å². The van der Waals surface area contributed by atoms with Gasteiger partial charge in [-0.05, 0) is 17.9 Å². The molecular weight excluding hydrogens is 120 g/mol. The summed E-state index contributed by atoms with van der Waals surface area (Å²) >= 11 is 0. The summed E-state index contributed by atoms with van der Waals surface area (Å²) in [6, 6.07) is 10.6. The van der Waals surface area contributed by atoms with Crippen molar-refractivity contribution in [1.82, 2.24) is 0 Å². The largest absolute Gasteiger partial charge is 0.0648 e. The van der Waals surface area contributed by atoms with E-state index in [-0.39, 0.29) is 0 Å². The Morgan fingerprint density at radius 2 is 1.80 bits per heavy atom. The van der Waals surface area contributed by atoms with Gasteiger partial charge in [-0.3, -0.25) is 0 Å². The second-order valence-corrected chi connectivity index (χ2v) is 2.72. The molecular formula is C10H14. The van der Waals surface area contributed by atoms with E-state index in [1.165, 1.54) is 12.0 Å². The van der Waals surface area contributed by atoms with E-state index in [9.17, 15) is 0 Å². The van der Waals surface area contributed by atoms with Gasteiger partial charge in [-0.15, -0.1) is 0 Å². The molecule has 0 nitrogen and oxygen atoms in total. The normalized spacial score (nSPS) is 13.0. The Kier molecular flexibility index (Phi) is 2.49. The molecule has 0 radical (unpaired) electrons. The molecule has 0 heteroatoms. The van der Waals surface area contributed by atoms with Crippen molar-refractivity contribution < 1.29 is 0 Å². The minimum absolute atomic E-state index is 0.709. The van der Waals surface area contributed by atoms with Crippen LogP contribution >= 0.6 is 0 Å². The summed E-state index contributed by atoms with van der Waals surface area (Å²) in [5.41, 5.74) is 1.45. The van der Waals surface area contributed by atoms with Crippen molar-refractivity contribution in [1.29, 1.82) is 0 Å². The van der Waals surface area contributed by atoms with Gasteiger partial charge in [-0.1, -0.05) is 44.2 Å². The highest BCUT2D eigenvalue weighted by Crippen LogP contribution is 2.16. The summed E-state index contributed by atoms with van der Waals surface area (Å²) < 4.78 is 0. The highest BCUT2D eigenvalue weighted by Gasteiger charge is 1.98. The maximum Gasteiger partial charge on any atom is -0.0193 e. The van der Waals surface area contributed by atoms with Gasteiger partial charge in [-0.2, -0.15) is 0 Å². The lowest BCUT2D eigenvalue weighted by Gasteiger charge is -2.06. The Labute approximate surface area is 62.9 Å². The van der Waals surface area contributed by atoms with Crippen LogP contribution in [0.3, 0.4) is 0 Å². The summed E-state index contributed by atoms with van der Waals surface area (Å²) in [4.78, 5) is 0. The van der Waals surface area contributed by atoms with Crippen molar-refractivity contribution in [3.05, 3.63) is 35.9 Å². The van der Waals surface area contributed by atoms with E-state index in [0.29, 0.717) is 5.92 Å². The summed E-state index contributed by atoms with van der Waals surface area (Å²) in [6.07, 6.45) is 1.23. The highest BCUT2D eigenvalue weighted by molar-refractivity contribution is 5.18. The highest BCUT2D eigenvalue weighted by atomic mass is 14.0. The number of hydrogen-bond acceptors (Lipinski definition) is 0. The van der Waals surface area contributed by atoms with E-state index in [2.05, 4.69) is 44.2 Å². The van der Waals surface area contributed by atoms with Gasteiger partial charge >= 0.3 is 0 Å². The third kappa shape index (κ3) is 1.60. The van der Waals surface area contributed by atoms with Gasteiger partial charge < -0.3 is 0 Å². The fourth-order valence-electron chi connectivity index (χ4n) is 1.02. The molecule has 1 rings (SSSR count). The molecule has 0 bridgehead atoms. The van der Waals surface area contributed by atoms with Crippen LogP contribution in [0.5, 0.6) is 0 Å². The van der Waals surface area contributed by atoms with Crippen LogP contribution in [0.2, 0.25) is 0 Å². The smallest absolute Gasteiger partial charge is 0.0193 e. The SMILES string of the molecule is CC[C@@H](C)c1ccccc1. The third-order valence-electron chi connectivity index (χ3n) is 1.98. The van der Waals surface area contributed by atoms with E-state index in [1.54, 1.807) is 0 Å². The van der Waals surface area contributed by atoms with E-state index >= 15 is 0 Å². The Balaban J connectivity index is 2.75. The summed E-state index contributed by atoms with van der Waals surface area (Å²) in [7, 11) is 0. The number of hydrogen-bond donors (Lipinski definition) is 0. The van der Waals surface area contributed by atoms with Crippen molar-refractivity contribution in [3.63, 3.8) is 0 Å². The zero-order valence-corrected chi connectivity index (χ0v) is 6.67. The van der Waals surface area contributed by atoms with Gasteiger partial charge in [0.25, 0.3) is 0 Å². The lowest BCUT2D eigenvalue weighted by atomic mass is 9.99. The summed E-state index contributed by atoms with van der Waals surface area (Å²) in [5, 5.41) is 0. The maximum atomic E-state index is 2.26. The Bertz CT molecular complexity index is 176. The van der Waals surface area contributed by atoms with Gasteiger partial charge in [-0.25, -0.2) is 0 Å². The van der Waals surface area contributed by atoms with Crippen molar-refractivity contribution >= 4 is 0 Å². The molecule has 1 aromatic rings. The zero-order chi connectivity index (χ0) is 7.40. The van der Waals surface area contributed by atoms with Crippen LogP contribution in [0.4, 0.5) is 0 Å². The van der Waals surface area contributed by atoms with E-state index in [1.807, 2.05) is 0 Å². The molecule has 0 aliphatic carbocycles. The lowest BCUT2D eigenvalue weighted by Crippen LogP contribution is -1.88. The first kappa shape index (κ1) is 7.33. The fraction of sp³-hybridized carbons (Fsp3) is 0.400. The molecule has 0 N–H and O–H groups in total. The monoisotopic (exact) mass is 134 g/mol. The molecule has 0 saturated heterocycles. The number of benzene rings is 1. The van der Waals surface area contributed by atoms with Crippen LogP contribution < -0.4 is 0 Å². The zero-order valence-electron chi connectivity index (χ0n) is 6.67. The number of rotatable bonds is 2. The quantitative estimate of drug-likeness (QED) is 0.582. The van der Waals surface area contributed by atoms with Crippen molar-refractivity contribution in [2.24, 2.45) is 0 Å². The predicted octanol–water partition coefficient (Wildman–Crippen LogP) is 3.20. The molecule has 10 heavy (non-hydrogen) atoms. The first-order chi connectivity index (χ1) is 4.84. The molecule has 54 valence electrons. The molecule has 0 spiro atoms. The summed E-state index contributed by atoms with van der Waals surface area (Å²) in [5.74, 6) is 0.709. The predicted molar refractivity (Wildman–Crippen MR) is 45.1 cm³/mol. The molecule has 0 amide bonds. The van der Waals surface area contributed by atoms with Crippen LogP contribution in [-0.4, -0.2) is 0 Å². The summed E-state index contributed by atoms with van der Waals surface area (Å²) in [6.45, 7) is 4.48. The molecule has 0 heterocycles. The molecule has 1 atom stereocenters. The molecule has 0 aliphatic heterocycles. The van der Waals surface area contributed by atoms with Crippen LogP contribution in [0.1, 0.15) is 31.7 Å². The second kappa shape index (κ2) is 3.40. The topological polar surface area (TPSA) is 0 Å². The fourth-order valence-corrected chi connectivity index (χ4v) is 1.02. The molecule has 0 unspecified atom stereocenters. The molecule has 1 aromatic carbocycles. The van der Waals surface area contributed by atoms with Crippen LogP contribution in [0.25, 0.3) is 0 Å². The molecule has 0 saturated carbocycles. The first-order valence-electron chi connectivity index (χ1n) is 3.89. The van der Waals surface area contributed by atoms with E-state index < -0.39 is 0 Å².